The number of fused-ring (bicyclic) bond motifs is 1. The third-order valence-electron chi connectivity index (χ3n) is 3.06. The lowest BCUT2D eigenvalue weighted by atomic mass is 9.99. The molecule has 0 fully saturated rings. The van der Waals surface area contributed by atoms with E-state index in [0.717, 1.165) is 36.3 Å². The van der Waals surface area contributed by atoms with Crippen LogP contribution >= 0.6 is 0 Å². The summed E-state index contributed by atoms with van der Waals surface area (Å²) >= 11 is 0. The molecule has 2 heteroatoms. The second-order valence-electron chi connectivity index (χ2n) is 4.12. The van der Waals surface area contributed by atoms with Crippen molar-refractivity contribution in [1.82, 2.24) is 0 Å². The van der Waals surface area contributed by atoms with Crippen LogP contribution in [-0.4, -0.2) is 13.2 Å². The number of benzene rings is 1. The van der Waals surface area contributed by atoms with Crippen LogP contribution in [0.3, 0.4) is 0 Å². The van der Waals surface area contributed by atoms with E-state index in [2.05, 4.69) is 26.0 Å². The maximum Gasteiger partial charge on any atom is 0.123 e. The largest absolute Gasteiger partial charge is 0.496 e. The maximum absolute atomic E-state index is 5.91. The predicted octanol–water partition coefficient (Wildman–Crippen LogP) is 3.11. The molecule has 1 aromatic rings. The normalized spacial score (nSPS) is 19.3. The minimum atomic E-state index is 0.394. The van der Waals surface area contributed by atoms with E-state index in [0.29, 0.717) is 6.10 Å². The van der Waals surface area contributed by atoms with E-state index in [-0.39, 0.29) is 0 Å². The predicted molar refractivity (Wildman–Crippen MR) is 60.8 cm³/mol. The van der Waals surface area contributed by atoms with Crippen molar-refractivity contribution in [2.75, 3.05) is 7.11 Å². The molecule has 0 bridgehead atoms. The van der Waals surface area contributed by atoms with E-state index in [9.17, 15) is 0 Å². The molecule has 1 aliphatic rings. The molecule has 0 N–H and O–H groups in total. The molecule has 15 heavy (non-hydrogen) atoms. The van der Waals surface area contributed by atoms with E-state index in [4.69, 9.17) is 9.47 Å². The molecule has 1 aliphatic heterocycles. The molecular formula is C13H18O2. The first-order valence-electron chi connectivity index (χ1n) is 5.58. The highest BCUT2D eigenvalue weighted by molar-refractivity contribution is 5.46. The van der Waals surface area contributed by atoms with E-state index in [1.807, 2.05) is 0 Å². The molecular weight excluding hydrogens is 188 g/mol. The fraction of sp³-hybridized carbons (Fsp3) is 0.538. The topological polar surface area (TPSA) is 18.5 Å². The van der Waals surface area contributed by atoms with Crippen molar-refractivity contribution < 1.29 is 9.47 Å². The zero-order valence-electron chi connectivity index (χ0n) is 9.67. The summed E-state index contributed by atoms with van der Waals surface area (Å²) in [7, 11) is 1.72. The molecule has 1 atom stereocenters. The first-order chi connectivity index (χ1) is 7.24. The first-order valence-corrected chi connectivity index (χ1v) is 5.58. The first kappa shape index (κ1) is 10.3. The summed E-state index contributed by atoms with van der Waals surface area (Å²) in [6.45, 7) is 4.23. The Morgan fingerprint density at radius 3 is 2.93 bits per heavy atom. The summed E-state index contributed by atoms with van der Waals surface area (Å²) < 4.78 is 11.2. The van der Waals surface area contributed by atoms with Crippen molar-refractivity contribution in [1.29, 1.82) is 0 Å². The van der Waals surface area contributed by atoms with Crippen molar-refractivity contribution >= 4 is 0 Å². The van der Waals surface area contributed by atoms with Crippen LogP contribution in [0, 0.1) is 6.92 Å². The summed E-state index contributed by atoms with van der Waals surface area (Å²) in [5.41, 5.74) is 2.43. The second kappa shape index (κ2) is 4.13. The molecule has 1 aromatic carbocycles. The highest BCUT2D eigenvalue weighted by atomic mass is 16.5. The zero-order chi connectivity index (χ0) is 10.8. The number of hydrogen-bond donors (Lipinski definition) is 0. The molecule has 0 radical (unpaired) electrons. The quantitative estimate of drug-likeness (QED) is 0.740. The van der Waals surface area contributed by atoms with Gasteiger partial charge >= 0.3 is 0 Å². The molecule has 2 nitrogen and oxygen atoms in total. The van der Waals surface area contributed by atoms with Gasteiger partial charge in [-0.25, -0.2) is 0 Å². The molecule has 0 aliphatic carbocycles. The van der Waals surface area contributed by atoms with Gasteiger partial charge in [0.05, 0.1) is 13.2 Å². The number of methoxy groups -OCH3 is 1. The van der Waals surface area contributed by atoms with E-state index >= 15 is 0 Å². The van der Waals surface area contributed by atoms with Gasteiger partial charge in [-0.05, 0) is 49.4 Å². The monoisotopic (exact) mass is 206 g/mol. The van der Waals surface area contributed by atoms with Gasteiger partial charge in [0.25, 0.3) is 0 Å². The van der Waals surface area contributed by atoms with Gasteiger partial charge in [-0.2, -0.15) is 0 Å². The van der Waals surface area contributed by atoms with Crippen LogP contribution in [0.2, 0.25) is 0 Å². The van der Waals surface area contributed by atoms with Gasteiger partial charge in [0.2, 0.25) is 0 Å². The molecule has 0 saturated carbocycles. The Kier molecular flexibility index (Phi) is 2.85. The lowest BCUT2D eigenvalue weighted by Gasteiger charge is -2.26. The van der Waals surface area contributed by atoms with Gasteiger partial charge in [0.1, 0.15) is 11.5 Å². The second-order valence-corrected chi connectivity index (χ2v) is 4.12. The number of ether oxygens (including phenoxy) is 2. The van der Waals surface area contributed by atoms with Gasteiger partial charge in [-0.3, -0.25) is 0 Å². The Morgan fingerprint density at radius 1 is 1.47 bits per heavy atom. The Morgan fingerprint density at radius 2 is 2.27 bits per heavy atom. The lowest BCUT2D eigenvalue weighted by molar-refractivity contribution is 0.169. The van der Waals surface area contributed by atoms with E-state index in [1.54, 1.807) is 7.11 Å². The Hall–Kier alpha value is -1.18. The van der Waals surface area contributed by atoms with Gasteiger partial charge in [-0.15, -0.1) is 0 Å². The Bertz CT molecular complexity index is 358. The fourth-order valence-electron chi connectivity index (χ4n) is 2.07. The minimum Gasteiger partial charge on any atom is -0.496 e. The van der Waals surface area contributed by atoms with Gasteiger partial charge in [0, 0.05) is 0 Å². The average Bonchev–Trinajstić information content (AvgIpc) is 2.27. The minimum absolute atomic E-state index is 0.394. The molecule has 0 aromatic heterocycles. The van der Waals surface area contributed by atoms with Crippen molar-refractivity contribution in [2.45, 2.75) is 39.2 Å². The summed E-state index contributed by atoms with van der Waals surface area (Å²) in [5, 5.41) is 0. The van der Waals surface area contributed by atoms with Crippen molar-refractivity contribution in [3.63, 3.8) is 0 Å². The van der Waals surface area contributed by atoms with Crippen molar-refractivity contribution in [3.8, 4) is 11.5 Å². The zero-order valence-corrected chi connectivity index (χ0v) is 9.67. The number of aryl methyl sites for hydroxylation is 2. The Labute approximate surface area is 91.2 Å². The standard InChI is InChI=1S/C13H18O2/c1-4-11-6-5-10-8-12(14-3)9(2)7-13(10)15-11/h7-8,11H,4-6H2,1-3H3. The maximum atomic E-state index is 5.91. The van der Waals surface area contributed by atoms with E-state index in [1.165, 1.54) is 5.56 Å². The SMILES string of the molecule is CCC1CCc2cc(OC)c(C)cc2O1. The summed E-state index contributed by atoms with van der Waals surface area (Å²) in [5.74, 6) is 2.01. The average molecular weight is 206 g/mol. The third kappa shape index (κ3) is 1.94. The smallest absolute Gasteiger partial charge is 0.123 e. The van der Waals surface area contributed by atoms with Gasteiger partial charge in [0.15, 0.2) is 0 Å². The van der Waals surface area contributed by atoms with E-state index < -0.39 is 0 Å². The van der Waals surface area contributed by atoms with Crippen LogP contribution in [0.15, 0.2) is 12.1 Å². The number of rotatable bonds is 2. The highest BCUT2D eigenvalue weighted by Gasteiger charge is 2.19. The van der Waals surface area contributed by atoms with Crippen LogP contribution in [0.4, 0.5) is 0 Å². The lowest BCUT2D eigenvalue weighted by Crippen LogP contribution is -2.21. The van der Waals surface area contributed by atoms with Crippen molar-refractivity contribution in [2.24, 2.45) is 0 Å². The highest BCUT2D eigenvalue weighted by Crippen LogP contribution is 2.34. The molecule has 0 amide bonds. The number of hydrogen-bond acceptors (Lipinski definition) is 2. The van der Waals surface area contributed by atoms with Crippen LogP contribution in [0.5, 0.6) is 11.5 Å². The van der Waals surface area contributed by atoms with Crippen LogP contribution < -0.4 is 9.47 Å². The summed E-state index contributed by atoms with van der Waals surface area (Å²) in [6, 6.07) is 4.20. The van der Waals surface area contributed by atoms with Crippen LogP contribution in [-0.2, 0) is 6.42 Å². The molecule has 0 spiro atoms. The van der Waals surface area contributed by atoms with Gasteiger partial charge < -0.3 is 9.47 Å². The summed E-state index contributed by atoms with van der Waals surface area (Å²) in [6.07, 6.45) is 3.70. The molecule has 82 valence electrons. The molecule has 0 saturated heterocycles. The molecule has 2 rings (SSSR count). The Balaban J connectivity index is 2.32. The van der Waals surface area contributed by atoms with Crippen LogP contribution in [0.25, 0.3) is 0 Å². The van der Waals surface area contributed by atoms with Crippen LogP contribution in [0.1, 0.15) is 30.9 Å². The fourth-order valence-corrected chi connectivity index (χ4v) is 2.07. The molecule has 1 heterocycles. The van der Waals surface area contributed by atoms with Crippen molar-refractivity contribution in [3.05, 3.63) is 23.3 Å². The summed E-state index contributed by atoms with van der Waals surface area (Å²) in [4.78, 5) is 0. The third-order valence-corrected chi connectivity index (χ3v) is 3.06. The van der Waals surface area contributed by atoms with Gasteiger partial charge in [-0.1, -0.05) is 6.92 Å². The molecule has 1 unspecified atom stereocenters.